The molecular weight excluding hydrogens is 371 g/mol. The van der Waals surface area contributed by atoms with E-state index in [2.05, 4.69) is 4.74 Å². The van der Waals surface area contributed by atoms with Crippen LogP contribution in [0.1, 0.15) is 0 Å². The molecule has 0 aromatic heterocycles. The Labute approximate surface area is 139 Å². The number of alkyl halides is 5. The minimum Gasteiger partial charge on any atom is -0.447 e. The van der Waals surface area contributed by atoms with Crippen LogP contribution in [0.3, 0.4) is 0 Å². The quantitative estimate of drug-likeness (QED) is 0.602. The summed E-state index contributed by atoms with van der Waals surface area (Å²) in [5, 5.41) is -5.88. The summed E-state index contributed by atoms with van der Waals surface area (Å²) in [5.41, 5.74) is 1.26. The van der Waals surface area contributed by atoms with Gasteiger partial charge in [0.05, 0.1) is 0 Å². The molecule has 0 saturated carbocycles. The smallest absolute Gasteiger partial charge is 0.444 e. The summed E-state index contributed by atoms with van der Waals surface area (Å²) in [6.07, 6.45) is -4.56. The molecular formula is C15H11F5O4S. The highest BCUT2D eigenvalue weighted by Crippen LogP contribution is 2.42. The molecule has 2 aromatic rings. The number of ether oxygens (including phenoxy) is 1. The molecule has 2 aromatic carbocycles. The fraction of sp³-hybridized carbons (Fsp3) is 0.200. The lowest BCUT2D eigenvalue weighted by molar-refractivity contribution is -0.255. The van der Waals surface area contributed by atoms with Gasteiger partial charge in [0.15, 0.2) is 0 Å². The third kappa shape index (κ3) is 3.59. The van der Waals surface area contributed by atoms with Crippen molar-refractivity contribution in [3.05, 3.63) is 54.6 Å². The molecule has 0 bridgehead atoms. The summed E-state index contributed by atoms with van der Waals surface area (Å²) < 4.78 is 100.0. The second kappa shape index (κ2) is 6.60. The maximum atomic E-state index is 14.0. The predicted octanol–water partition coefficient (Wildman–Crippen LogP) is 4.14. The molecule has 2 rings (SSSR count). The van der Waals surface area contributed by atoms with E-state index in [1.54, 1.807) is 30.3 Å². The zero-order valence-electron chi connectivity index (χ0n) is 12.2. The van der Waals surface area contributed by atoms with Crippen molar-refractivity contribution in [3.63, 3.8) is 0 Å². The molecule has 1 N–H and O–H groups in total. The number of rotatable bonds is 6. The minimum absolute atomic E-state index is 0.552. The summed E-state index contributed by atoms with van der Waals surface area (Å²) in [6.45, 7) is 0. The molecule has 0 fully saturated rings. The van der Waals surface area contributed by atoms with Crippen molar-refractivity contribution < 1.29 is 39.7 Å². The van der Waals surface area contributed by atoms with E-state index in [1.165, 1.54) is 12.1 Å². The van der Waals surface area contributed by atoms with Gasteiger partial charge in [-0.15, -0.1) is 0 Å². The molecule has 1 unspecified atom stereocenters. The van der Waals surface area contributed by atoms with Gasteiger partial charge in [0.1, 0.15) is 5.75 Å². The van der Waals surface area contributed by atoms with Crippen molar-refractivity contribution in [1.29, 1.82) is 0 Å². The normalized spacial score (nSPS) is 15.0. The van der Waals surface area contributed by atoms with E-state index in [9.17, 15) is 30.4 Å². The average Bonchev–Trinajstić information content (AvgIpc) is 2.55. The number of hydrogen-bond acceptors (Lipinski definition) is 3. The second-order valence-electron chi connectivity index (χ2n) is 4.93. The topological polar surface area (TPSA) is 63.6 Å². The van der Waals surface area contributed by atoms with Crippen LogP contribution in [0.4, 0.5) is 22.0 Å². The van der Waals surface area contributed by atoms with Crippen LogP contribution < -0.4 is 4.74 Å². The van der Waals surface area contributed by atoms with Crippen LogP contribution in [-0.2, 0) is 10.1 Å². The van der Waals surface area contributed by atoms with Gasteiger partial charge in [0, 0.05) is 0 Å². The van der Waals surface area contributed by atoms with Gasteiger partial charge >= 0.3 is 27.7 Å². The Morgan fingerprint density at radius 3 is 1.80 bits per heavy atom. The second-order valence-corrected chi connectivity index (χ2v) is 6.39. The first-order chi connectivity index (χ1) is 11.5. The highest BCUT2D eigenvalue weighted by Gasteiger charge is 2.72. The molecule has 0 aliphatic heterocycles. The summed E-state index contributed by atoms with van der Waals surface area (Å²) in [6, 6.07) is 13.0. The van der Waals surface area contributed by atoms with E-state index in [-0.39, 0.29) is 0 Å². The zero-order valence-corrected chi connectivity index (χ0v) is 13.1. The molecule has 136 valence electrons. The summed E-state index contributed by atoms with van der Waals surface area (Å²) in [7, 11) is -6.49. The van der Waals surface area contributed by atoms with E-state index in [0.717, 1.165) is 12.1 Å². The Balaban J connectivity index is 2.35. The van der Waals surface area contributed by atoms with Gasteiger partial charge in [-0.3, -0.25) is 4.55 Å². The summed E-state index contributed by atoms with van der Waals surface area (Å²) >= 11 is 0. The lowest BCUT2D eigenvalue weighted by Gasteiger charge is -2.30. The fourth-order valence-corrected chi connectivity index (χ4v) is 2.41. The van der Waals surface area contributed by atoms with E-state index < -0.39 is 33.4 Å². The Kier molecular flexibility index (Phi) is 5.05. The van der Waals surface area contributed by atoms with Gasteiger partial charge in [-0.25, -0.2) is 8.78 Å². The van der Waals surface area contributed by atoms with Gasteiger partial charge in [-0.05, 0) is 23.3 Å². The van der Waals surface area contributed by atoms with Crippen molar-refractivity contribution in [1.82, 2.24) is 0 Å². The highest BCUT2D eigenvalue weighted by molar-refractivity contribution is 7.87. The highest BCUT2D eigenvalue weighted by atomic mass is 32.2. The van der Waals surface area contributed by atoms with Gasteiger partial charge in [0.2, 0.25) is 0 Å². The summed E-state index contributed by atoms with van der Waals surface area (Å²) in [5.74, 6) is -6.04. The van der Waals surface area contributed by atoms with Crippen molar-refractivity contribution >= 4 is 10.1 Å². The Hall–Kier alpha value is -2.20. The SMILES string of the molecule is O=S(=O)(O)C(F)(F)C(F)(Oc1ccc(-c2ccccc2)cc1)C(F)F. The first kappa shape index (κ1) is 19.1. The van der Waals surface area contributed by atoms with E-state index >= 15 is 0 Å². The third-order valence-corrected chi connectivity index (χ3v) is 4.16. The standard InChI is InChI=1S/C15H11F5O4S/c16-13(17)14(18,15(19,20)25(21,22)23)24-12-8-6-11(7-9-12)10-4-2-1-3-5-10/h1-9,13H,(H,21,22,23). The van der Waals surface area contributed by atoms with E-state index in [1.807, 2.05) is 0 Å². The maximum Gasteiger partial charge on any atom is 0.444 e. The van der Waals surface area contributed by atoms with Crippen molar-refractivity contribution in [2.75, 3.05) is 0 Å². The van der Waals surface area contributed by atoms with Crippen molar-refractivity contribution in [3.8, 4) is 16.9 Å². The lowest BCUT2D eigenvalue weighted by Crippen LogP contribution is -2.58. The van der Waals surface area contributed by atoms with Gasteiger partial charge in [-0.2, -0.15) is 21.6 Å². The van der Waals surface area contributed by atoms with Gasteiger partial charge in [-0.1, -0.05) is 42.5 Å². The van der Waals surface area contributed by atoms with Crippen molar-refractivity contribution in [2.24, 2.45) is 0 Å². The molecule has 1 atom stereocenters. The minimum atomic E-state index is -6.49. The first-order valence-corrected chi connectivity index (χ1v) is 8.09. The van der Waals surface area contributed by atoms with Gasteiger partial charge in [0.25, 0.3) is 0 Å². The van der Waals surface area contributed by atoms with Crippen LogP contribution in [0, 0.1) is 0 Å². The molecule has 10 heteroatoms. The number of halogens is 5. The molecule has 0 saturated heterocycles. The first-order valence-electron chi connectivity index (χ1n) is 6.65. The largest absolute Gasteiger partial charge is 0.447 e. The number of benzene rings is 2. The average molecular weight is 382 g/mol. The molecule has 0 aliphatic rings. The third-order valence-electron chi connectivity index (χ3n) is 3.23. The van der Waals surface area contributed by atoms with Crippen LogP contribution in [0.2, 0.25) is 0 Å². The number of hydrogen-bond donors (Lipinski definition) is 1. The predicted molar refractivity (Wildman–Crippen MR) is 78.8 cm³/mol. The van der Waals surface area contributed by atoms with Gasteiger partial charge < -0.3 is 4.74 Å². The molecule has 4 nitrogen and oxygen atoms in total. The molecule has 0 amide bonds. The fourth-order valence-electron chi connectivity index (χ4n) is 1.92. The Morgan fingerprint density at radius 2 is 1.36 bits per heavy atom. The van der Waals surface area contributed by atoms with Crippen LogP contribution in [0.25, 0.3) is 11.1 Å². The van der Waals surface area contributed by atoms with E-state index in [4.69, 9.17) is 4.55 Å². The van der Waals surface area contributed by atoms with Crippen LogP contribution in [0.15, 0.2) is 54.6 Å². The summed E-state index contributed by atoms with van der Waals surface area (Å²) in [4.78, 5) is 0. The zero-order chi connectivity index (χ0) is 18.9. The molecule has 0 spiro atoms. The lowest BCUT2D eigenvalue weighted by atomic mass is 10.1. The van der Waals surface area contributed by atoms with Crippen molar-refractivity contribution in [2.45, 2.75) is 17.5 Å². The Morgan fingerprint density at radius 1 is 0.880 bits per heavy atom. The monoisotopic (exact) mass is 382 g/mol. The Bertz CT molecular complexity index is 825. The van der Waals surface area contributed by atoms with E-state index in [0.29, 0.717) is 11.1 Å². The van der Waals surface area contributed by atoms with Crippen LogP contribution in [-0.4, -0.2) is 30.5 Å². The van der Waals surface area contributed by atoms with Crippen LogP contribution >= 0.6 is 0 Å². The molecule has 0 heterocycles. The molecule has 0 radical (unpaired) electrons. The van der Waals surface area contributed by atoms with Crippen LogP contribution in [0.5, 0.6) is 5.75 Å². The molecule has 0 aliphatic carbocycles. The maximum absolute atomic E-state index is 14.0. The molecule has 25 heavy (non-hydrogen) atoms.